The van der Waals surface area contributed by atoms with Crippen LogP contribution < -0.4 is 5.32 Å². The van der Waals surface area contributed by atoms with Gasteiger partial charge < -0.3 is 5.32 Å². The highest BCUT2D eigenvalue weighted by Gasteiger charge is 2.05. The maximum Gasteiger partial charge on any atom is 0.175 e. The molecule has 0 heterocycles. The third kappa shape index (κ3) is 4.55. The van der Waals surface area contributed by atoms with Crippen LogP contribution in [0.25, 0.3) is 0 Å². The first-order valence-electron chi connectivity index (χ1n) is 5.17. The number of hydrogen-bond acceptors (Lipinski definition) is 4. The Morgan fingerprint density at radius 2 is 1.88 bits per heavy atom. The smallest absolute Gasteiger partial charge is 0.175 e. The van der Waals surface area contributed by atoms with Crippen molar-refractivity contribution in [1.29, 1.82) is 0 Å². The van der Waals surface area contributed by atoms with Crippen molar-refractivity contribution in [1.82, 2.24) is 5.32 Å². The van der Waals surface area contributed by atoms with Gasteiger partial charge in [-0.2, -0.15) is 0 Å². The Balaban J connectivity index is 2.52. The summed E-state index contributed by atoms with van der Waals surface area (Å²) in [5, 5.41) is 3.24. The van der Waals surface area contributed by atoms with Crippen LogP contribution in [0.2, 0.25) is 0 Å². The van der Waals surface area contributed by atoms with Gasteiger partial charge in [-0.15, -0.1) is 11.8 Å². The maximum atomic E-state index is 11.2. The largest absolute Gasteiger partial charge is 0.316 e. The summed E-state index contributed by atoms with van der Waals surface area (Å²) in [7, 11) is -3.07. The molecule has 0 bridgehead atoms. The molecule has 0 saturated carbocycles. The second kappa shape index (κ2) is 6.27. The predicted octanol–water partition coefficient (Wildman–Crippen LogP) is 1.79. The first-order valence-corrected chi connectivity index (χ1v) is 8.05. The van der Waals surface area contributed by atoms with Gasteiger partial charge in [-0.3, -0.25) is 0 Å². The van der Waals surface area contributed by atoms with Gasteiger partial charge >= 0.3 is 0 Å². The molecule has 16 heavy (non-hydrogen) atoms. The average molecular weight is 259 g/mol. The van der Waals surface area contributed by atoms with Crippen molar-refractivity contribution in [3.63, 3.8) is 0 Å². The summed E-state index contributed by atoms with van der Waals surface area (Å²) >= 11 is 1.72. The van der Waals surface area contributed by atoms with Crippen LogP contribution >= 0.6 is 11.8 Å². The SMILES string of the molecule is CCNCCSc1ccc(S(C)(=O)=O)cc1. The predicted molar refractivity (Wildman–Crippen MR) is 68.8 cm³/mol. The third-order valence-electron chi connectivity index (χ3n) is 2.05. The standard InChI is InChI=1S/C11H17NO2S2/c1-3-12-8-9-15-10-4-6-11(7-5-10)16(2,13)14/h4-7,12H,3,8-9H2,1-2H3. The molecule has 3 nitrogen and oxygen atoms in total. The molecule has 0 saturated heterocycles. The lowest BCUT2D eigenvalue weighted by Gasteiger charge is -2.03. The van der Waals surface area contributed by atoms with Crippen LogP contribution in [0.3, 0.4) is 0 Å². The van der Waals surface area contributed by atoms with E-state index in [0.717, 1.165) is 23.7 Å². The Hall–Kier alpha value is -0.520. The summed E-state index contributed by atoms with van der Waals surface area (Å²) < 4.78 is 22.5. The van der Waals surface area contributed by atoms with E-state index >= 15 is 0 Å². The highest BCUT2D eigenvalue weighted by atomic mass is 32.2. The van der Waals surface area contributed by atoms with E-state index in [9.17, 15) is 8.42 Å². The minimum atomic E-state index is -3.07. The van der Waals surface area contributed by atoms with Gasteiger partial charge in [0.2, 0.25) is 0 Å². The zero-order chi connectivity index (χ0) is 12.0. The van der Waals surface area contributed by atoms with Gasteiger partial charge in [0.05, 0.1) is 4.90 Å². The number of sulfone groups is 1. The molecular weight excluding hydrogens is 242 g/mol. The quantitative estimate of drug-likeness (QED) is 0.625. The van der Waals surface area contributed by atoms with E-state index in [1.807, 2.05) is 12.1 Å². The van der Waals surface area contributed by atoms with Crippen LogP contribution in [-0.2, 0) is 9.84 Å². The molecule has 5 heteroatoms. The molecule has 1 aromatic carbocycles. The Labute approximate surface area is 102 Å². The molecule has 1 N–H and O–H groups in total. The second-order valence-electron chi connectivity index (χ2n) is 3.45. The highest BCUT2D eigenvalue weighted by molar-refractivity contribution is 7.99. The first kappa shape index (κ1) is 13.5. The van der Waals surface area contributed by atoms with Crippen LogP contribution in [0.15, 0.2) is 34.1 Å². The van der Waals surface area contributed by atoms with Crippen molar-refractivity contribution in [2.75, 3.05) is 25.1 Å². The number of hydrogen-bond donors (Lipinski definition) is 1. The van der Waals surface area contributed by atoms with Crippen molar-refractivity contribution >= 4 is 21.6 Å². The van der Waals surface area contributed by atoms with Crippen molar-refractivity contribution in [2.24, 2.45) is 0 Å². The fourth-order valence-corrected chi connectivity index (χ4v) is 2.64. The third-order valence-corrected chi connectivity index (χ3v) is 4.19. The summed E-state index contributed by atoms with van der Waals surface area (Å²) in [6, 6.07) is 7.02. The van der Waals surface area contributed by atoms with Gasteiger partial charge in [0, 0.05) is 23.4 Å². The molecule has 0 spiro atoms. The summed E-state index contributed by atoms with van der Waals surface area (Å²) in [6.07, 6.45) is 1.22. The fourth-order valence-electron chi connectivity index (χ4n) is 1.20. The number of rotatable bonds is 6. The summed E-state index contributed by atoms with van der Waals surface area (Å²) in [6.45, 7) is 4.02. The molecular formula is C11H17NO2S2. The summed E-state index contributed by atoms with van der Waals surface area (Å²) in [5.41, 5.74) is 0. The van der Waals surface area contributed by atoms with E-state index in [0.29, 0.717) is 4.90 Å². The number of benzene rings is 1. The molecule has 1 rings (SSSR count). The maximum absolute atomic E-state index is 11.2. The minimum Gasteiger partial charge on any atom is -0.316 e. The molecule has 0 atom stereocenters. The van der Waals surface area contributed by atoms with Gasteiger partial charge in [0.25, 0.3) is 0 Å². The first-order chi connectivity index (χ1) is 7.54. The monoisotopic (exact) mass is 259 g/mol. The van der Waals surface area contributed by atoms with Crippen molar-refractivity contribution in [3.8, 4) is 0 Å². The van der Waals surface area contributed by atoms with E-state index < -0.39 is 9.84 Å². The molecule has 1 aromatic rings. The Morgan fingerprint density at radius 3 is 2.38 bits per heavy atom. The van der Waals surface area contributed by atoms with Crippen LogP contribution in [-0.4, -0.2) is 33.5 Å². The summed E-state index contributed by atoms with van der Waals surface area (Å²) in [5.74, 6) is 0.992. The van der Waals surface area contributed by atoms with Crippen molar-refractivity contribution in [3.05, 3.63) is 24.3 Å². The molecule has 0 radical (unpaired) electrons. The van der Waals surface area contributed by atoms with Gasteiger partial charge in [-0.25, -0.2) is 8.42 Å². The van der Waals surface area contributed by atoms with Gasteiger partial charge in [0.1, 0.15) is 0 Å². The van der Waals surface area contributed by atoms with Crippen molar-refractivity contribution in [2.45, 2.75) is 16.7 Å². The fraction of sp³-hybridized carbons (Fsp3) is 0.455. The molecule has 0 aromatic heterocycles. The second-order valence-corrected chi connectivity index (χ2v) is 6.63. The lowest BCUT2D eigenvalue weighted by Crippen LogP contribution is -2.15. The minimum absolute atomic E-state index is 0.378. The molecule has 90 valence electrons. The molecule has 0 aliphatic heterocycles. The molecule has 0 amide bonds. The van der Waals surface area contributed by atoms with E-state index in [4.69, 9.17) is 0 Å². The van der Waals surface area contributed by atoms with E-state index in [1.165, 1.54) is 6.26 Å². The number of thioether (sulfide) groups is 1. The molecule has 0 unspecified atom stereocenters. The van der Waals surface area contributed by atoms with E-state index in [-0.39, 0.29) is 0 Å². The number of nitrogens with one attached hydrogen (secondary N) is 1. The lowest BCUT2D eigenvalue weighted by molar-refractivity contribution is 0.602. The normalized spacial score (nSPS) is 11.6. The van der Waals surface area contributed by atoms with Crippen LogP contribution in [0.1, 0.15) is 6.92 Å². The average Bonchev–Trinajstić information content (AvgIpc) is 2.24. The van der Waals surface area contributed by atoms with Gasteiger partial charge in [-0.05, 0) is 30.8 Å². The Bertz CT molecular complexity index is 412. The van der Waals surface area contributed by atoms with Crippen molar-refractivity contribution < 1.29 is 8.42 Å². The van der Waals surface area contributed by atoms with Crippen LogP contribution in [0, 0.1) is 0 Å². The summed E-state index contributed by atoms with van der Waals surface area (Å²) in [4.78, 5) is 1.48. The van der Waals surface area contributed by atoms with E-state index in [1.54, 1.807) is 23.9 Å². The van der Waals surface area contributed by atoms with Gasteiger partial charge in [-0.1, -0.05) is 6.92 Å². The van der Waals surface area contributed by atoms with Crippen LogP contribution in [0.4, 0.5) is 0 Å². The Morgan fingerprint density at radius 1 is 1.25 bits per heavy atom. The molecule has 0 aliphatic carbocycles. The molecule has 0 fully saturated rings. The zero-order valence-corrected chi connectivity index (χ0v) is 11.2. The van der Waals surface area contributed by atoms with Crippen LogP contribution in [0.5, 0.6) is 0 Å². The zero-order valence-electron chi connectivity index (χ0n) is 9.56. The van der Waals surface area contributed by atoms with E-state index in [2.05, 4.69) is 12.2 Å². The highest BCUT2D eigenvalue weighted by Crippen LogP contribution is 2.19. The topological polar surface area (TPSA) is 46.2 Å². The molecule has 0 aliphatic rings. The Kier molecular flexibility index (Phi) is 5.31. The van der Waals surface area contributed by atoms with Gasteiger partial charge in [0.15, 0.2) is 9.84 Å². The lowest BCUT2D eigenvalue weighted by atomic mass is 10.4.